The van der Waals surface area contributed by atoms with E-state index in [1.54, 1.807) is 10.7 Å². The zero-order valence-corrected chi connectivity index (χ0v) is 21.8. The number of hydrogen-bond acceptors (Lipinski definition) is 6. The molecule has 2 aromatic heterocycles. The minimum atomic E-state index is -4.48. The van der Waals surface area contributed by atoms with Gasteiger partial charge in [-0.1, -0.05) is 12.1 Å². The minimum absolute atomic E-state index is 0.112. The average Bonchev–Trinajstić information content (AvgIpc) is 3.34. The number of sulfonamides is 1. The SMILES string of the molecule is CN(CC(=O)N1CCCn2nc(-c3cccc(C(F)(F)F)c3)cc2C1)S(=O)(=O)c1ccc2c(c1)oc(=O)n2C. The molecule has 206 valence electrons. The van der Waals surface area contributed by atoms with Gasteiger partial charge in [-0.3, -0.25) is 14.0 Å². The first-order valence-corrected chi connectivity index (χ1v) is 13.4. The molecule has 0 fully saturated rings. The van der Waals surface area contributed by atoms with Crippen LogP contribution < -0.4 is 5.76 Å². The lowest BCUT2D eigenvalue weighted by molar-refractivity contribution is -0.137. The molecular weight excluding hydrogens is 539 g/mol. The van der Waals surface area contributed by atoms with E-state index in [-0.39, 0.29) is 17.0 Å². The third-order valence-corrected chi connectivity index (χ3v) is 8.48. The molecule has 4 aromatic rings. The third kappa shape index (κ3) is 5.08. The fourth-order valence-corrected chi connectivity index (χ4v) is 5.64. The molecule has 10 nitrogen and oxygen atoms in total. The van der Waals surface area contributed by atoms with Crippen LogP contribution in [0.3, 0.4) is 0 Å². The van der Waals surface area contributed by atoms with Gasteiger partial charge in [0.25, 0.3) is 0 Å². The highest BCUT2D eigenvalue weighted by Gasteiger charge is 2.31. The molecule has 0 unspecified atom stereocenters. The van der Waals surface area contributed by atoms with Gasteiger partial charge in [0.1, 0.15) is 0 Å². The van der Waals surface area contributed by atoms with Crippen LogP contribution in [0.25, 0.3) is 22.4 Å². The van der Waals surface area contributed by atoms with Crippen LogP contribution in [-0.2, 0) is 41.1 Å². The molecule has 0 spiro atoms. The third-order valence-electron chi connectivity index (χ3n) is 6.68. The number of benzene rings is 2. The first-order chi connectivity index (χ1) is 18.3. The van der Waals surface area contributed by atoms with Crippen LogP contribution in [0, 0.1) is 0 Å². The lowest BCUT2D eigenvalue weighted by Gasteiger charge is -2.23. The number of fused-ring (bicyclic) bond motifs is 2. The highest BCUT2D eigenvalue weighted by atomic mass is 32.2. The topological polar surface area (TPSA) is 111 Å². The second kappa shape index (κ2) is 9.68. The van der Waals surface area contributed by atoms with Crippen LogP contribution in [0.1, 0.15) is 17.7 Å². The summed E-state index contributed by atoms with van der Waals surface area (Å²) >= 11 is 0. The first kappa shape index (κ1) is 26.7. The van der Waals surface area contributed by atoms with E-state index in [9.17, 15) is 31.2 Å². The van der Waals surface area contributed by atoms with Crippen molar-refractivity contribution in [2.75, 3.05) is 20.1 Å². The Morgan fingerprint density at radius 1 is 1.13 bits per heavy atom. The fraction of sp³-hybridized carbons (Fsp3) is 0.320. The quantitative estimate of drug-likeness (QED) is 0.369. The van der Waals surface area contributed by atoms with Crippen molar-refractivity contribution in [2.45, 2.75) is 30.6 Å². The Balaban J connectivity index is 1.32. The highest BCUT2D eigenvalue weighted by molar-refractivity contribution is 7.89. The number of carbonyl (C=O) groups is 1. The monoisotopic (exact) mass is 563 g/mol. The number of aromatic nitrogens is 3. The Hall–Kier alpha value is -3.91. The molecule has 1 amide bonds. The van der Waals surface area contributed by atoms with Crippen molar-refractivity contribution in [2.24, 2.45) is 7.05 Å². The maximum atomic E-state index is 13.2. The molecule has 0 aliphatic carbocycles. The molecule has 0 N–H and O–H groups in total. The Morgan fingerprint density at radius 2 is 1.90 bits per heavy atom. The molecule has 1 aliphatic rings. The molecule has 1 aliphatic heterocycles. The Kier molecular flexibility index (Phi) is 6.63. The van der Waals surface area contributed by atoms with Crippen molar-refractivity contribution in [3.63, 3.8) is 0 Å². The number of halogens is 3. The van der Waals surface area contributed by atoms with Gasteiger partial charge in [0.15, 0.2) is 5.58 Å². The number of rotatable bonds is 5. The summed E-state index contributed by atoms with van der Waals surface area (Å²) in [5, 5.41) is 4.44. The Bertz CT molecular complexity index is 1740. The van der Waals surface area contributed by atoms with Crippen LogP contribution in [0.2, 0.25) is 0 Å². The zero-order chi connectivity index (χ0) is 28.1. The van der Waals surface area contributed by atoms with E-state index in [0.29, 0.717) is 42.0 Å². The van der Waals surface area contributed by atoms with Gasteiger partial charge in [-0.15, -0.1) is 0 Å². The summed E-state index contributed by atoms with van der Waals surface area (Å²) < 4.78 is 74.7. The molecule has 0 bridgehead atoms. The molecular formula is C25H24F3N5O5S. The van der Waals surface area contributed by atoms with E-state index in [0.717, 1.165) is 16.4 Å². The molecule has 0 radical (unpaired) electrons. The van der Waals surface area contributed by atoms with E-state index in [4.69, 9.17) is 4.42 Å². The molecule has 14 heteroatoms. The average molecular weight is 564 g/mol. The molecule has 0 atom stereocenters. The van der Waals surface area contributed by atoms with Gasteiger partial charge in [0, 0.05) is 38.8 Å². The zero-order valence-electron chi connectivity index (χ0n) is 21.0. The molecule has 0 saturated heterocycles. The van der Waals surface area contributed by atoms with E-state index < -0.39 is 40.0 Å². The van der Waals surface area contributed by atoms with Gasteiger partial charge in [-0.25, -0.2) is 13.2 Å². The van der Waals surface area contributed by atoms with Gasteiger partial charge in [-0.2, -0.15) is 22.6 Å². The van der Waals surface area contributed by atoms with Crippen LogP contribution in [0.15, 0.2) is 62.6 Å². The van der Waals surface area contributed by atoms with Crippen molar-refractivity contribution in [3.8, 4) is 11.3 Å². The van der Waals surface area contributed by atoms with Crippen molar-refractivity contribution in [1.29, 1.82) is 0 Å². The summed E-state index contributed by atoms with van der Waals surface area (Å²) in [5.41, 5.74) is 1.05. The molecule has 39 heavy (non-hydrogen) atoms. The number of oxazole rings is 1. The summed E-state index contributed by atoms with van der Waals surface area (Å²) in [6.07, 6.45) is -3.95. The van der Waals surface area contributed by atoms with Crippen LogP contribution in [-0.4, -0.2) is 58.0 Å². The molecule has 2 aromatic carbocycles. The Labute approximate surface area is 220 Å². The summed E-state index contributed by atoms with van der Waals surface area (Å²) in [5.74, 6) is -1.07. The largest absolute Gasteiger partial charge is 0.419 e. The van der Waals surface area contributed by atoms with Gasteiger partial charge in [-0.05, 0) is 36.8 Å². The number of alkyl halides is 3. The number of hydrogen-bond donors (Lipinski definition) is 0. The van der Waals surface area contributed by atoms with Gasteiger partial charge in [0.2, 0.25) is 15.9 Å². The minimum Gasteiger partial charge on any atom is -0.408 e. The second-order valence-corrected chi connectivity index (χ2v) is 11.4. The van der Waals surface area contributed by atoms with E-state index in [2.05, 4.69) is 5.10 Å². The van der Waals surface area contributed by atoms with Crippen molar-refractivity contribution >= 4 is 27.0 Å². The lowest BCUT2D eigenvalue weighted by atomic mass is 10.1. The van der Waals surface area contributed by atoms with E-state index in [1.165, 1.54) is 53.9 Å². The predicted molar refractivity (Wildman–Crippen MR) is 134 cm³/mol. The smallest absolute Gasteiger partial charge is 0.408 e. The highest BCUT2D eigenvalue weighted by Crippen LogP contribution is 2.32. The van der Waals surface area contributed by atoms with Crippen molar-refractivity contribution in [3.05, 3.63) is 70.3 Å². The fourth-order valence-electron chi connectivity index (χ4n) is 4.50. The maximum Gasteiger partial charge on any atom is 0.419 e. The van der Waals surface area contributed by atoms with Gasteiger partial charge >= 0.3 is 11.9 Å². The number of nitrogens with zero attached hydrogens (tertiary/aromatic N) is 5. The first-order valence-electron chi connectivity index (χ1n) is 11.9. The predicted octanol–water partition coefficient (Wildman–Crippen LogP) is 3.07. The lowest BCUT2D eigenvalue weighted by Crippen LogP contribution is -2.41. The van der Waals surface area contributed by atoms with Gasteiger partial charge < -0.3 is 9.32 Å². The van der Waals surface area contributed by atoms with Crippen molar-refractivity contribution < 1.29 is 30.8 Å². The summed E-state index contributed by atoms with van der Waals surface area (Å²) in [6, 6.07) is 10.6. The van der Waals surface area contributed by atoms with Crippen LogP contribution in [0.4, 0.5) is 13.2 Å². The molecule has 5 rings (SSSR count). The van der Waals surface area contributed by atoms with Crippen molar-refractivity contribution in [1.82, 2.24) is 23.6 Å². The molecule has 0 saturated carbocycles. The maximum absolute atomic E-state index is 13.2. The van der Waals surface area contributed by atoms with E-state index in [1.807, 2.05) is 0 Å². The Morgan fingerprint density at radius 3 is 2.64 bits per heavy atom. The summed E-state index contributed by atoms with van der Waals surface area (Å²) in [4.78, 5) is 26.3. The summed E-state index contributed by atoms with van der Waals surface area (Å²) in [7, 11) is -1.29. The van der Waals surface area contributed by atoms with E-state index >= 15 is 0 Å². The number of aryl methyl sites for hydroxylation is 2. The van der Waals surface area contributed by atoms with Gasteiger partial charge in [0.05, 0.1) is 40.5 Å². The van der Waals surface area contributed by atoms with Crippen LogP contribution in [0.5, 0.6) is 0 Å². The standard InChI is InChI=1S/C25H24F3N5O5S/c1-30(39(36,37)19-7-8-21-22(13-19)38-24(35)31(21)2)15-23(34)32-9-4-10-33-18(14-32)12-20(29-33)16-5-3-6-17(11-16)25(26,27)28/h3,5-8,11-13H,4,9-10,14-15H2,1-2H3. The van der Waals surface area contributed by atoms with Crippen LogP contribution >= 0.6 is 0 Å². The number of carbonyl (C=O) groups excluding carboxylic acids is 1. The number of amides is 1. The second-order valence-electron chi connectivity index (χ2n) is 9.31. The normalized spacial score (nSPS) is 14.6. The summed E-state index contributed by atoms with van der Waals surface area (Å²) in [6.45, 7) is 0.498. The molecule has 3 heterocycles. The number of likely N-dealkylation sites (N-methyl/N-ethyl adjacent to an activating group) is 1.